The molecule has 8 heteroatoms. The molecule has 0 radical (unpaired) electrons. The number of nitrogen functional groups attached to an aromatic ring is 1. The van der Waals surface area contributed by atoms with Gasteiger partial charge in [-0.3, -0.25) is 5.10 Å². The molecule has 0 aliphatic carbocycles. The molecule has 0 spiro atoms. The van der Waals surface area contributed by atoms with E-state index in [1.807, 2.05) is 25.1 Å². The van der Waals surface area contributed by atoms with Crippen LogP contribution in [0.4, 0.5) is 5.82 Å². The molecule has 3 N–H and O–H groups in total. The Bertz CT molecular complexity index is 1170. The smallest absolute Gasteiger partial charge is 0.166 e. The topological polar surface area (TPSA) is 104 Å². The summed E-state index contributed by atoms with van der Waals surface area (Å²) in [5, 5.41) is 16.9. The Balaban J connectivity index is 2.06. The Hall–Kier alpha value is -2.77. The van der Waals surface area contributed by atoms with Crippen LogP contribution in [0.3, 0.4) is 0 Å². The van der Waals surface area contributed by atoms with Crippen molar-refractivity contribution in [1.29, 1.82) is 5.26 Å². The first-order valence-corrected chi connectivity index (χ1v) is 9.89. The second kappa shape index (κ2) is 7.09. The Morgan fingerprint density at radius 1 is 1.19 bits per heavy atom. The molecule has 6 nitrogen and oxygen atoms in total. The zero-order valence-corrected chi connectivity index (χ0v) is 17.2. The van der Waals surface area contributed by atoms with Crippen LogP contribution in [0.1, 0.15) is 11.1 Å². The summed E-state index contributed by atoms with van der Waals surface area (Å²) >= 11 is 3.80. The minimum atomic E-state index is 0.414. The fourth-order valence-corrected chi connectivity index (χ4v) is 5.04. The largest absolute Gasteiger partial charge is 0.384 e. The van der Waals surface area contributed by atoms with Crippen LogP contribution >= 0.6 is 33.9 Å². The van der Waals surface area contributed by atoms with Crippen LogP contribution in [-0.2, 0) is 0 Å². The van der Waals surface area contributed by atoms with Crippen molar-refractivity contribution in [3.63, 3.8) is 0 Å². The van der Waals surface area contributed by atoms with Gasteiger partial charge in [0.25, 0.3) is 0 Å². The third-order valence-corrected chi connectivity index (χ3v) is 6.23. The second-order valence-electron chi connectivity index (χ2n) is 5.91. The fraction of sp³-hybridized carbons (Fsp3) is 0.0526. The summed E-state index contributed by atoms with van der Waals surface area (Å²) in [4.78, 5) is 10.1. The van der Waals surface area contributed by atoms with Gasteiger partial charge in [-0.15, -0.1) is 11.3 Å². The van der Waals surface area contributed by atoms with E-state index >= 15 is 0 Å². The average Bonchev–Trinajstić information content (AvgIpc) is 3.29. The van der Waals surface area contributed by atoms with Crippen molar-refractivity contribution in [2.24, 2.45) is 0 Å². The molecule has 4 aromatic rings. The number of nitrogens with zero attached hydrogens (tertiary/aromatic N) is 4. The number of aryl methyl sites for hydroxylation is 1. The summed E-state index contributed by atoms with van der Waals surface area (Å²) in [6.45, 7) is 2.05. The molecule has 0 amide bonds. The highest BCUT2D eigenvalue weighted by Crippen LogP contribution is 2.47. The van der Waals surface area contributed by atoms with Gasteiger partial charge in [-0.25, -0.2) is 9.97 Å². The van der Waals surface area contributed by atoms with Gasteiger partial charge in [-0.1, -0.05) is 17.7 Å². The zero-order valence-electron chi connectivity index (χ0n) is 14.2. The highest BCUT2D eigenvalue weighted by molar-refractivity contribution is 14.1. The number of hydrogen-bond acceptors (Lipinski definition) is 6. The number of H-pyrrole nitrogens is 1. The standard InChI is InChI=1S/C19H13IN6S/c1-10-2-3-12(14(20)6-10)16-13(8-21)17(11-4-5-23-15(22)7-11)27-18(16)19-24-9-25-26-19/h2-7,9H,1H3,(H2,22,23)(H,24,25,26). The maximum atomic E-state index is 10.0. The lowest BCUT2D eigenvalue weighted by molar-refractivity contribution is 1.10. The van der Waals surface area contributed by atoms with E-state index in [0.29, 0.717) is 17.2 Å². The minimum absolute atomic E-state index is 0.414. The predicted octanol–water partition coefficient (Wildman–Crippen LogP) is 4.63. The molecular weight excluding hydrogens is 471 g/mol. The molecule has 4 rings (SSSR count). The minimum Gasteiger partial charge on any atom is -0.384 e. The first-order chi connectivity index (χ1) is 13.1. The Morgan fingerprint density at radius 2 is 2.04 bits per heavy atom. The molecule has 132 valence electrons. The van der Waals surface area contributed by atoms with Crippen LogP contribution in [0.5, 0.6) is 0 Å². The molecule has 0 saturated carbocycles. The van der Waals surface area contributed by atoms with E-state index in [1.165, 1.54) is 23.2 Å². The molecule has 0 fully saturated rings. The van der Waals surface area contributed by atoms with Gasteiger partial charge in [0.2, 0.25) is 0 Å². The third-order valence-electron chi connectivity index (χ3n) is 4.09. The molecule has 0 aliphatic heterocycles. The number of pyridine rings is 1. The molecule has 0 atom stereocenters. The number of aromatic nitrogens is 4. The predicted molar refractivity (Wildman–Crippen MR) is 115 cm³/mol. The first kappa shape index (κ1) is 17.6. The number of aromatic amines is 1. The van der Waals surface area contributed by atoms with Crippen molar-refractivity contribution in [2.75, 3.05) is 5.73 Å². The number of rotatable bonds is 3. The molecular formula is C19H13IN6S. The summed E-state index contributed by atoms with van der Waals surface area (Å²) in [6.07, 6.45) is 3.12. The summed E-state index contributed by atoms with van der Waals surface area (Å²) in [5.74, 6) is 1.05. The average molecular weight is 484 g/mol. The van der Waals surface area contributed by atoms with E-state index in [2.05, 4.69) is 54.9 Å². The van der Waals surface area contributed by atoms with E-state index in [1.54, 1.807) is 12.3 Å². The summed E-state index contributed by atoms with van der Waals surface area (Å²) < 4.78 is 1.07. The fourth-order valence-electron chi connectivity index (χ4n) is 2.89. The van der Waals surface area contributed by atoms with Crippen LogP contribution in [0, 0.1) is 21.8 Å². The zero-order chi connectivity index (χ0) is 19.0. The third kappa shape index (κ3) is 3.20. The van der Waals surface area contributed by atoms with Crippen molar-refractivity contribution >= 4 is 39.7 Å². The number of nitrogens with two attached hydrogens (primary N) is 1. The molecule has 3 aromatic heterocycles. The van der Waals surface area contributed by atoms with Crippen molar-refractivity contribution in [1.82, 2.24) is 20.2 Å². The molecule has 0 saturated heterocycles. The van der Waals surface area contributed by atoms with Crippen molar-refractivity contribution in [3.05, 3.63) is 57.6 Å². The first-order valence-electron chi connectivity index (χ1n) is 7.99. The Morgan fingerprint density at radius 3 is 2.70 bits per heavy atom. The summed E-state index contributed by atoms with van der Waals surface area (Å²) in [5.41, 5.74) is 10.3. The van der Waals surface area contributed by atoms with Crippen LogP contribution in [-0.4, -0.2) is 20.2 Å². The van der Waals surface area contributed by atoms with Gasteiger partial charge >= 0.3 is 0 Å². The quantitative estimate of drug-likeness (QED) is 0.413. The van der Waals surface area contributed by atoms with Gasteiger partial charge in [0, 0.05) is 15.3 Å². The van der Waals surface area contributed by atoms with E-state index in [9.17, 15) is 5.26 Å². The highest BCUT2D eigenvalue weighted by Gasteiger charge is 2.24. The molecule has 0 aliphatic rings. The summed E-state index contributed by atoms with van der Waals surface area (Å²) in [7, 11) is 0. The van der Waals surface area contributed by atoms with Crippen LogP contribution < -0.4 is 5.73 Å². The number of nitrogens with one attached hydrogen (secondary N) is 1. The van der Waals surface area contributed by atoms with E-state index in [-0.39, 0.29) is 0 Å². The number of halogens is 1. The summed E-state index contributed by atoms with van der Waals surface area (Å²) in [6, 6.07) is 12.2. The monoisotopic (exact) mass is 484 g/mol. The Labute approximate surface area is 173 Å². The number of hydrogen-bond donors (Lipinski definition) is 2. The van der Waals surface area contributed by atoms with Crippen molar-refractivity contribution in [2.45, 2.75) is 6.92 Å². The molecule has 1 aromatic carbocycles. The maximum Gasteiger partial charge on any atom is 0.166 e. The second-order valence-corrected chi connectivity index (χ2v) is 8.09. The van der Waals surface area contributed by atoms with Gasteiger partial charge in [0.1, 0.15) is 18.2 Å². The van der Waals surface area contributed by atoms with E-state index < -0.39 is 0 Å². The van der Waals surface area contributed by atoms with Crippen molar-refractivity contribution in [3.8, 4) is 38.3 Å². The lowest BCUT2D eigenvalue weighted by Gasteiger charge is -2.07. The van der Waals surface area contributed by atoms with E-state index in [0.717, 1.165) is 30.0 Å². The van der Waals surface area contributed by atoms with Crippen molar-refractivity contribution < 1.29 is 0 Å². The SMILES string of the molecule is Cc1ccc(-c2c(-c3ncn[nH]3)sc(-c3ccnc(N)c3)c2C#N)c(I)c1. The van der Waals surface area contributed by atoms with Gasteiger partial charge in [-0.05, 0) is 58.8 Å². The van der Waals surface area contributed by atoms with Crippen LogP contribution in [0.25, 0.3) is 32.3 Å². The highest BCUT2D eigenvalue weighted by atomic mass is 127. The maximum absolute atomic E-state index is 10.0. The molecule has 0 bridgehead atoms. The normalized spacial score (nSPS) is 10.7. The lowest BCUT2D eigenvalue weighted by atomic mass is 9.98. The number of benzene rings is 1. The number of thiophene rings is 1. The molecule has 3 heterocycles. The van der Waals surface area contributed by atoms with Crippen LogP contribution in [0.2, 0.25) is 0 Å². The number of anilines is 1. The van der Waals surface area contributed by atoms with E-state index in [4.69, 9.17) is 5.73 Å². The van der Waals surface area contributed by atoms with Crippen LogP contribution in [0.15, 0.2) is 42.9 Å². The number of nitriles is 1. The Kier molecular flexibility index (Phi) is 4.63. The lowest BCUT2D eigenvalue weighted by Crippen LogP contribution is -1.91. The molecule has 0 unspecified atom stereocenters. The van der Waals surface area contributed by atoms with Gasteiger partial charge < -0.3 is 5.73 Å². The van der Waals surface area contributed by atoms with Gasteiger partial charge in [-0.2, -0.15) is 10.4 Å². The van der Waals surface area contributed by atoms with Gasteiger partial charge in [0.05, 0.1) is 15.3 Å². The van der Waals surface area contributed by atoms with Gasteiger partial charge in [0.15, 0.2) is 5.82 Å². The molecule has 27 heavy (non-hydrogen) atoms.